The number of aromatic hydroxyl groups is 2. The van der Waals surface area contributed by atoms with Gasteiger partial charge in [-0.05, 0) is 110 Å². The molecule has 1 atom stereocenters. The first kappa shape index (κ1) is 42.9. The summed E-state index contributed by atoms with van der Waals surface area (Å²) in [5.41, 5.74) is 1.60. The highest BCUT2D eigenvalue weighted by Gasteiger charge is 2.24. The van der Waals surface area contributed by atoms with Crippen LogP contribution in [0.2, 0.25) is 0 Å². The van der Waals surface area contributed by atoms with Gasteiger partial charge in [-0.3, -0.25) is 24.0 Å². The minimum Gasteiger partial charge on any atom is -0.504 e. The van der Waals surface area contributed by atoms with Crippen LogP contribution in [0.15, 0.2) is 103 Å². The molecule has 60 heavy (non-hydrogen) atoms. The summed E-state index contributed by atoms with van der Waals surface area (Å²) in [5.74, 6) is -6.75. The van der Waals surface area contributed by atoms with E-state index in [1.807, 2.05) is 0 Å². The van der Waals surface area contributed by atoms with Gasteiger partial charge in [-0.25, -0.2) is 9.18 Å². The number of carbonyl (C=O) groups excluding carboxylic acids is 5. The molecule has 5 rings (SSSR count). The predicted molar refractivity (Wildman–Crippen MR) is 219 cm³/mol. The van der Waals surface area contributed by atoms with E-state index >= 15 is 0 Å². The van der Waals surface area contributed by atoms with Gasteiger partial charge in [-0.1, -0.05) is 12.1 Å². The quantitative estimate of drug-likeness (QED) is 0.0582. The highest BCUT2D eigenvalue weighted by molar-refractivity contribution is 6.10. The highest BCUT2D eigenvalue weighted by Crippen LogP contribution is 2.40. The van der Waals surface area contributed by atoms with Crippen LogP contribution in [0.1, 0.15) is 60.8 Å². The third-order valence-corrected chi connectivity index (χ3v) is 8.86. The second-order valence-corrected chi connectivity index (χ2v) is 13.0. The molecule has 0 radical (unpaired) electrons. The van der Waals surface area contributed by atoms with E-state index in [2.05, 4.69) is 26.6 Å². The molecule has 0 saturated carbocycles. The molecule has 8 N–H and O–H groups in total. The molecule has 0 aliphatic carbocycles. The van der Waals surface area contributed by atoms with Gasteiger partial charge >= 0.3 is 5.97 Å². The van der Waals surface area contributed by atoms with Gasteiger partial charge in [0.25, 0.3) is 17.7 Å². The van der Waals surface area contributed by atoms with Gasteiger partial charge in [0.2, 0.25) is 11.8 Å². The number of hydrogen-bond donors (Lipinski definition) is 8. The van der Waals surface area contributed by atoms with Crippen molar-refractivity contribution in [3.63, 3.8) is 0 Å². The van der Waals surface area contributed by atoms with Crippen molar-refractivity contribution < 1.29 is 58.0 Å². The zero-order chi connectivity index (χ0) is 43.7. The first-order chi connectivity index (χ1) is 28.6. The molecule has 0 aromatic heterocycles. The largest absolute Gasteiger partial charge is 0.504 e. The van der Waals surface area contributed by atoms with E-state index in [0.717, 1.165) is 13.2 Å². The van der Waals surface area contributed by atoms with Crippen molar-refractivity contribution in [2.45, 2.75) is 19.9 Å². The fourth-order valence-corrected chi connectivity index (χ4v) is 5.67. The van der Waals surface area contributed by atoms with Crippen LogP contribution in [0.4, 0.5) is 27.1 Å². The summed E-state index contributed by atoms with van der Waals surface area (Å²) in [7, 11) is 2.37. The van der Waals surface area contributed by atoms with Crippen LogP contribution in [0, 0.1) is 5.82 Å². The number of anilines is 4. The maximum Gasteiger partial charge on any atom is 0.339 e. The Morgan fingerprint density at radius 2 is 1.07 bits per heavy atom. The molecule has 0 heterocycles. The topological polar surface area (TPSA) is 242 Å². The van der Waals surface area contributed by atoms with E-state index in [-0.39, 0.29) is 45.4 Å². The third kappa shape index (κ3) is 10.2. The first-order valence-corrected chi connectivity index (χ1v) is 17.8. The number of nitrogens with one attached hydrogen (secondary N) is 5. The number of halogens is 1. The van der Waals surface area contributed by atoms with Crippen molar-refractivity contribution in [2.24, 2.45) is 0 Å². The van der Waals surface area contributed by atoms with E-state index in [1.54, 1.807) is 19.1 Å². The van der Waals surface area contributed by atoms with Crippen molar-refractivity contribution in [3.05, 3.63) is 137 Å². The molecule has 0 aliphatic heterocycles. The highest BCUT2D eigenvalue weighted by atomic mass is 19.1. The molecule has 5 amide bonds. The van der Waals surface area contributed by atoms with Crippen LogP contribution in [-0.4, -0.2) is 71.1 Å². The molecule has 0 spiro atoms. The van der Waals surface area contributed by atoms with Crippen LogP contribution in [0.3, 0.4) is 0 Å². The van der Waals surface area contributed by atoms with Crippen LogP contribution in [-0.2, 0) is 9.59 Å². The number of carboxylic acids is 1. The van der Waals surface area contributed by atoms with E-state index in [1.165, 1.54) is 99.0 Å². The molecule has 0 fully saturated rings. The standard InChI is InChI=1S/C43H38FN5O11/c1-22(24-5-11-27(44)12-6-24)21-34(50)46-28-13-7-25(8-14-28)40(54)45-23(2)39(53)47-29-15-9-26(10-16-29)41(55)48-32-19-17-30(35(51)37(32)59-3)42(56)49-33-20-18-31(43(57)58)36(52)38(33)60-4/h5-21,23,51-52H,1-4H3,(H,45,54)(H,46,50)(H,47,53)(H,48,55)(H,49,56)(H,57,58)/b22-21+/t23-/m0/s1. The molecular formula is C43H38FN5O11. The number of amides is 5. The molecule has 16 nitrogen and oxygen atoms in total. The first-order valence-electron chi connectivity index (χ1n) is 17.8. The number of hydrogen-bond acceptors (Lipinski definition) is 10. The van der Waals surface area contributed by atoms with E-state index in [0.29, 0.717) is 22.5 Å². The molecular weight excluding hydrogens is 781 g/mol. The van der Waals surface area contributed by atoms with Crippen LogP contribution >= 0.6 is 0 Å². The van der Waals surface area contributed by atoms with Gasteiger partial charge in [-0.15, -0.1) is 0 Å². The number of ether oxygens (including phenoxy) is 2. The minimum atomic E-state index is -1.42. The summed E-state index contributed by atoms with van der Waals surface area (Å²) in [6.45, 7) is 3.20. The molecule has 0 unspecified atom stereocenters. The zero-order valence-corrected chi connectivity index (χ0v) is 32.4. The minimum absolute atomic E-state index is 0.00433. The summed E-state index contributed by atoms with van der Waals surface area (Å²) < 4.78 is 23.5. The smallest absolute Gasteiger partial charge is 0.339 e. The molecule has 0 aliphatic rings. The summed E-state index contributed by atoms with van der Waals surface area (Å²) in [6.07, 6.45) is 1.37. The second kappa shape index (κ2) is 18.8. The maximum absolute atomic E-state index is 13.2. The fraction of sp³-hybridized carbons (Fsp3) is 0.116. The molecule has 17 heteroatoms. The lowest BCUT2D eigenvalue weighted by molar-refractivity contribution is -0.117. The van der Waals surface area contributed by atoms with Gasteiger partial charge in [0.15, 0.2) is 23.0 Å². The van der Waals surface area contributed by atoms with Crippen molar-refractivity contribution in [1.82, 2.24) is 5.32 Å². The summed E-state index contributed by atoms with van der Waals surface area (Å²) >= 11 is 0. The molecule has 5 aromatic carbocycles. The summed E-state index contributed by atoms with van der Waals surface area (Å²) in [5, 5.41) is 43.4. The Morgan fingerprint density at radius 3 is 1.60 bits per heavy atom. The number of aromatic carboxylic acids is 1. The van der Waals surface area contributed by atoms with Crippen LogP contribution in [0.25, 0.3) is 5.57 Å². The second-order valence-electron chi connectivity index (χ2n) is 13.0. The average molecular weight is 820 g/mol. The number of carboxylic acid groups (broad SMARTS) is 1. The Balaban J connectivity index is 1.14. The van der Waals surface area contributed by atoms with E-state index in [9.17, 15) is 48.5 Å². The van der Waals surface area contributed by atoms with Gasteiger partial charge in [-0.2, -0.15) is 0 Å². The SMILES string of the molecule is COc1c(NC(=O)c2ccc(NC(=O)c3ccc(NC(=O)[C@H](C)NC(=O)c4ccc(NC(=O)/C=C(\C)c5ccc(F)cc5)cc4)cc3)c(OC)c2O)ccc(C(=O)O)c1O. The van der Waals surface area contributed by atoms with Gasteiger partial charge in [0.1, 0.15) is 17.4 Å². The van der Waals surface area contributed by atoms with Crippen molar-refractivity contribution in [2.75, 3.05) is 35.5 Å². The Labute approximate surface area is 341 Å². The lowest BCUT2D eigenvalue weighted by Gasteiger charge is -2.16. The Kier molecular flexibility index (Phi) is 13.5. The number of allylic oxidation sites excluding steroid dienone is 1. The number of rotatable bonds is 14. The Bertz CT molecular complexity index is 2510. The molecule has 308 valence electrons. The Morgan fingerprint density at radius 1 is 0.600 bits per heavy atom. The summed E-state index contributed by atoms with van der Waals surface area (Å²) in [6, 6.07) is 21.3. The van der Waals surface area contributed by atoms with Crippen molar-refractivity contribution in [3.8, 4) is 23.0 Å². The number of carbonyl (C=O) groups is 6. The predicted octanol–water partition coefficient (Wildman–Crippen LogP) is 6.26. The van der Waals surface area contributed by atoms with Gasteiger partial charge < -0.3 is 51.4 Å². The van der Waals surface area contributed by atoms with Crippen LogP contribution < -0.4 is 36.1 Å². The third-order valence-electron chi connectivity index (χ3n) is 8.86. The number of phenolic OH excluding ortho intramolecular Hbond substituents is 1. The van der Waals surface area contributed by atoms with Crippen molar-refractivity contribution in [1.29, 1.82) is 0 Å². The number of benzene rings is 5. The zero-order valence-electron chi connectivity index (χ0n) is 32.4. The Hall–Kier alpha value is -8.21. The number of methoxy groups -OCH3 is 2. The van der Waals surface area contributed by atoms with Crippen molar-refractivity contribution >= 4 is 63.8 Å². The normalized spacial score (nSPS) is 11.4. The van der Waals surface area contributed by atoms with E-state index < -0.39 is 58.6 Å². The average Bonchev–Trinajstić information content (AvgIpc) is 3.21. The molecule has 0 bridgehead atoms. The summed E-state index contributed by atoms with van der Waals surface area (Å²) in [4.78, 5) is 75.8. The molecule has 0 saturated heterocycles. The molecule has 5 aromatic rings. The monoisotopic (exact) mass is 819 g/mol. The van der Waals surface area contributed by atoms with Crippen LogP contribution in [0.5, 0.6) is 23.0 Å². The fourth-order valence-electron chi connectivity index (χ4n) is 5.67. The lowest BCUT2D eigenvalue weighted by atomic mass is 10.1. The lowest BCUT2D eigenvalue weighted by Crippen LogP contribution is -2.41. The number of phenols is 2. The maximum atomic E-state index is 13.2. The van der Waals surface area contributed by atoms with Gasteiger partial charge in [0, 0.05) is 28.6 Å². The van der Waals surface area contributed by atoms with E-state index in [4.69, 9.17) is 9.47 Å². The van der Waals surface area contributed by atoms with Gasteiger partial charge in [0.05, 0.1) is 31.2 Å².